The highest BCUT2D eigenvalue weighted by Gasteiger charge is 2.23. The third kappa shape index (κ3) is 4.73. The zero-order chi connectivity index (χ0) is 17.5. The van der Waals surface area contributed by atoms with Crippen LogP contribution in [0.5, 0.6) is 5.75 Å². The molecule has 25 heavy (non-hydrogen) atoms. The largest absolute Gasteiger partial charge is 0.497 e. The van der Waals surface area contributed by atoms with Gasteiger partial charge in [0.15, 0.2) is 0 Å². The molecule has 2 amide bonds. The summed E-state index contributed by atoms with van der Waals surface area (Å²) in [7, 11) is 1.67. The molecule has 1 aliphatic rings. The molecule has 3 N–H and O–H groups in total. The lowest BCUT2D eigenvalue weighted by Crippen LogP contribution is -2.41. The van der Waals surface area contributed by atoms with Crippen LogP contribution in [-0.4, -0.2) is 47.9 Å². The molecule has 0 bridgehead atoms. The Bertz CT molecular complexity index is 651. The number of amides is 2. The molecule has 0 spiro atoms. The summed E-state index contributed by atoms with van der Waals surface area (Å²) in [6.45, 7) is 2.67. The van der Waals surface area contributed by atoms with Gasteiger partial charge in [-0.15, -0.1) is 0 Å². The Balaban J connectivity index is 1.65. The number of aromatic amines is 1. The molecule has 2 heterocycles. The van der Waals surface area contributed by atoms with Crippen LogP contribution >= 0.6 is 0 Å². The van der Waals surface area contributed by atoms with Gasteiger partial charge in [0.05, 0.1) is 25.0 Å². The van der Waals surface area contributed by atoms with Gasteiger partial charge in [-0.05, 0) is 43.6 Å². The molecule has 0 aliphatic carbocycles. The molecule has 1 fully saturated rings. The van der Waals surface area contributed by atoms with Crippen molar-refractivity contribution in [3.05, 3.63) is 42.2 Å². The number of piperidine rings is 1. The number of rotatable bonds is 6. The van der Waals surface area contributed by atoms with Crippen molar-refractivity contribution >= 4 is 11.7 Å². The van der Waals surface area contributed by atoms with Crippen molar-refractivity contribution in [3.63, 3.8) is 0 Å². The summed E-state index contributed by atoms with van der Waals surface area (Å²) in [5, 5.41) is 12.2. The summed E-state index contributed by atoms with van der Waals surface area (Å²) >= 11 is 0. The van der Waals surface area contributed by atoms with Crippen molar-refractivity contribution in [2.75, 3.05) is 32.1 Å². The molecule has 3 rings (SSSR count). The molecule has 7 heteroatoms. The maximum atomic E-state index is 12.1. The Morgan fingerprint density at radius 2 is 2.04 bits per heavy atom. The van der Waals surface area contributed by atoms with Crippen LogP contribution in [0.3, 0.4) is 0 Å². The number of urea groups is 1. The standard InChI is InChI=1S/C18H25N5O2/c1-25-16-7-5-14(6-8-16)17(23-9-3-2-4-10-23)13-19-18(24)22-15-11-20-21-12-15/h5-8,11-12,17H,2-4,9-10,13H2,1H3,(H,20,21)(H2,19,22,24)/t17-/m0/s1. The van der Waals surface area contributed by atoms with E-state index in [0.29, 0.717) is 12.2 Å². The fraction of sp³-hybridized carbons (Fsp3) is 0.444. The lowest BCUT2D eigenvalue weighted by Gasteiger charge is -2.35. The Kier molecular flexibility index (Phi) is 5.90. The molecule has 1 aliphatic heterocycles. The molecule has 0 radical (unpaired) electrons. The number of carbonyl (C=O) groups is 1. The van der Waals surface area contributed by atoms with Gasteiger partial charge in [-0.1, -0.05) is 18.6 Å². The average Bonchev–Trinajstić information content (AvgIpc) is 3.16. The normalized spacial score (nSPS) is 16.2. The van der Waals surface area contributed by atoms with Crippen molar-refractivity contribution in [1.29, 1.82) is 0 Å². The minimum absolute atomic E-state index is 0.154. The highest BCUT2D eigenvalue weighted by Crippen LogP contribution is 2.25. The first kappa shape index (κ1) is 17.3. The quantitative estimate of drug-likeness (QED) is 0.753. The van der Waals surface area contributed by atoms with E-state index in [1.807, 2.05) is 12.1 Å². The third-order valence-corrected chi connectivity index (χ3v) is 4.54. The van der Waals surface area contributed by atoms with Crippen LogP contribution in [0.1, 0.15) is 30.9 Å². The number of likely N-dealkylation sites (tertiary alicyclic amines) is 1. The molecule has 134 valence electrons. The highest BCUT2D eigenvalue weighted by atomic mass is 16.5. The zero-order valence-electron chi connectivity index (χ0n) is 14.5. The molecule has 0 unspecified atom stereocenters. The lowest BCUT2D eigenvalue weighted by molar-refractivity contribution is 0.161. The number of nitrogens with zero attached hydrogens (tertiary/aromatic N) is 2. The summed E-state index contributed by atoms with van der Waals surface area (Å²) in [6.07, 6.45) is 6.90. The van der Waals surface area contributed by atoms with Crippen LogP contribution in [0.15, 0.2) is 36.7 Å². The maximum Gasteiger partial charge on any atom is 0.319 e. The van der Waals surface area contributed by atoms with Gasteiger partial charge in [0.1, 0.15) is 5.75 Å². The molecule has 0 saturated carbocycles. The fourth-order valence-electron chi connectivity index (χ4n) is 3.20. The van der Waals surface area contributed by atoms with E-state index in [-0.39, 0.29) is 12.1 Å². The number of ether oxygens (including phenoxy) is 1. The number of carbonyl (C=O) groups excluding carboxylic acids is 1. The van der Waals surface area contributed by atoms with Crippen LogP contribution in [0.25, 0.3) is 0 Å². The monoisotopic (exact) mass is 343 g/mol. The van der Waals surface area contributed by atoms with Gasteiger partial charge in [-0.2, -0.15) is 5.10 Å². The third-order valence-electron chi connectivity index (χ3n) is 4.54. The first-order valence-electron chi connectivity index (χ1n) is 8.68. The minimum atomic E-state index is -0.225. The minimum Gasteiger partial charge on any atom is -0.497 e. The smallest absolute Gasteiger partial charge is 0.319 e. The molecular formula is C18H25N5O2. The number of aromatic nitrogens is 2. The maximum absolute atomic E-state index is 12.1. The number of hydrogen-bond acceptors (Lipinski definition) is 4. The van der Waals surface area contributed by atoms with Crippen molar-refractivity contribution in [3.8, 4) is 5.75 Å². The van der Waals surface area contributed by atoms with Gasteiger partial charge in [0.25, 0.3) is 0 Å². The Labute approximate surface area is 147 Å². The molecular weight excluding hydrogens is 318 g/mol. The van der Waals surface area contributed by atoms with E-state index in [2.05, 4.69) is 37.9 Å². The van der Waals surface area contributed by atoms with E-state index in [1.54, 1.807) is 19.5 Å². The average molecular weight is 343 g/mol. The van der Waals surface area contributed by atoms with E-state index in [1.165, 1.54) is 24.8 Å². The van der Waals surface area contributed by atoms with Crippen molar-refractivity contribution < 1.29 is 9.53 Å². The van der Waals surface area contributed by atoms with Crippen LogP contribution in [0.4, 0.5) is 10.5 Å². The van der Waals surface area contributed by atoms with Gasteiger partial charge in [-0.3, -0.25) is 10.00 Å². The second-order valence-electron chi connectivity index (χ2n) is 6.21. The van der Waals surface area contributed by atoms with Crippen LogP contribution < -0.4 is 15.4 Å². The molecule has 7 nitrogen and oxygen atoms in total. The van der Waals surface area contributed by atoms with E-state index >= 15 is 0 Å². The van der Waals surface area contributed by atoms with E-state index in [4.69, 9.17) is 4.74 Å². The molecule has 1 aromatic carbocycles. The molecule has 1 aromatic heterocycles. The Morgan fingerprint density at radius 1 is 1.28 bits per heavy atom. The summed E-state index contributed by atoms with van der Waals surface area (Å²) in [6, 6.07) is 8.02. The molecule has 2 aromatic rings. The van der Waals surface area contributed by atoms with Crippen LogP contribution in [0, 0.1) is 0 Å². The first-order chi connectivity index (χ1) is 12.3. The number of benzene rings is 1. The second kappa shape index (κ2) is 8.53. The van der Waals surface area contributed by atoms with Crippen molar-refractivity contribution in [2.24, 2.45) is 0 Å². The number of anilines is 1. The van der Waals surface area contributed by atoms with Gasteiger partial charge < -0.3 is 15.4 Å². The highest BCUT2D eigenvalue weighted by molar-refractivity contribution is 5.88. The van der Waals surface area contributed by atoms with Crippen LogP contribution in [-0.2, 0) is 0 Å². The van der Waals surface area contributed by atoms with Crippen molar-refractivity contribution in [1.82, 2.24) is 20.4 Å². The predicted molar refractivity (Wildman–Crippen MR) is 96.8 cm³/mol. The van der Waals surface area contributed by atoms with Gasteiger partial charge in [0.2, 0.25) is 0 Å². The number of hydrogen-bond donors (Lipinski definition) is 3. The summed E-state index contributed by atoms with van der Waals surface area (Å²) in [5.41, 5.74) is 1.84. The molecule has 1 atom stereocenters. The van der Waals surface area contributed by atoms with E-state index in [0.717, 1.165) is 18.8 Å². The van der Waals surface area contributed by atoms with Crippen molar-refractivity contribution in [2.45, 2.75) is 25.3 Å². The number of methoxy groups -OCH3 is 1. The number of H-pyrrole nitrogens is 1. The number of nitrogens with one attached hydrogen (secondary N) is 3. The van der Waals surface area contributed by atoms with Crippen LogP contribution in [0.2, 0.25) is 0 Å². The Hall–Kier alpha value is -2.54. The van der Waals surface area contributed by atoms with Gasteiger partial charge in [-0.25, -0.2) is 4.79 Å². The lowest BCUT2D eigenvalue weighted by atomic mass is 10.0. The first-order valence-corrected chi connectivity index (χ1v) is 8.68. The fourth-order valence-corrected chi connectivity index (χ4v) is 3.20. The topological polar surface area (TPSA) is 82.3 Å². The van der Waals surface area contributed by atoms with E-state index < -0.39 is 0 Å². The summed E-state index contributed by atoms with van der Waals surface area (Å²) in [4.78, 5) is 14.6. The summed E-state index contributed by atoms with van der Waals surface area (Å²) in [5.74, 6) is 0.840. The SMILES string of the molecule is COc1ccc([C@H](CNC(=O)Nc2cn[nH]c2)N2CCCCC2)cc1. The second-order valence-corrected chi connectivity index (χ2v) is 6.21. The Morgan fingerprint density at radius 3 is 2.68 bits per heavy atom. The van der Waals surface area contributed by atoms with Gasteiger partial charge in [0, 0.05) is 12.7 Å². The zero-order valence-corrected chi connectivity index (χ0v) is 14.5. The van der Waals surface area contributed by atoms with Gasteiger partial charge >= 0.3 is 6.03 Å². The molecule has 1 saturated heterocycles. The van der Waals surface area contributed by atoms with E-state index in [9.17, 15) is 4.79 Å². The summed E-state index contributed by atoms with van der Waals surface area (Å²) < 4.78 is 5.25. The predicted octanol–water partition coefficient (Wildman–Crippen LogP) is 2.77.